The van der Waals surface area contributed by atoms with Crippen LogP contribution in [0.2, 0.25) is 0 Å². The lowest BCUT2D eigenvalue weighted by Crippen LogP contribution is -2.56. The lowest BCUT2D eigenvalue weighted by molar-refractivity contribution is -0.0660. The van der Waals surface area contributed by atoms with Gasteiger partial charge in [-0.2, -0.15) is 0 Å². The molecule has 4 aliphatic rings. The van der Waals surface area contributed by atoms with Crippen LogP contribution in [0.25, 0.3) is 11.1 Å². The number of nitrogens with zero attached hydrogens (tertiary/aromatic N) is 6. The summed E-state index contributed by atoms with van der Waals surface area (Å²) in [7, 11) is 0. The number of nitrogens with one attached hydrogen (secondary N) is 2. The predicted octanol–water partition coefficient (Wildman–Crippen LogP) is 3.50. The van der Waals surface area contributed by atoms with Crippen LogP contribution < -0.4 is 20.7 Å². The van der Waals surface area contributed by atoms with Gasteiger partial charge in [0.15, 0.2) is 6.29 Å². The molecule has 2 fully saturated rings. The zero-order chi connectivity index (χ0) is 32.3. The van der Waals surface area contributed by atoms with Crippen LogP contribution >= 0.6 is 0 Å². The summed E-state index contributed by atoms with van der Waals surface area (Å²) in [6, 6.07) is 9.85. The van der Waals surface area contributed by atoms with Crippen molar-refractivity contribution in [2.45, 2.75) is 39.3 Å². The van der Waals surface area contributed by atoms with E-state index in [-0.39, 0.29) is 16.9 Å². The molecule has 0 bridgehead atoms. The van der Waals surface area contributed by atoms with Crippen molar-refractivity contribution in [2.24, 2.45) is 5.41 Å². The van der Waals surface area contributed by atoms with Gasteiger partial charge in [0.05, 0.1) is 36.7 Å². The number of anilines is 4. The number of carbonyl (C=O) groups excluding carboxylic acids is 2. The van der Waals surface area contributed by atoms with Crippen LogP contribution in [-0.4, -0.2) is 88.6 Å². The molecule has 4 aromatic heterocycles. The average molecular weight is 635 g/mol. The highest BCUT2D eigenvalue weighted by Gasteiger charge is 2.37. The van der Waals surface area contributed by atoms with Gasteiger partial charge in [0, 0.05) is 62.9 Å². The van der Waals surface area contributed by atoms with Crippen molar-refractivity contribution in [1.29, 1.82) is 0 Å². The fourth-order valence-electron chi connectivity index (χ4n) is 7.45. The molecule has 0 spiro atoms. The van der Waals surface area contributed by atoms with Gasteiger partial charge < -0.3 is 24.5 Å². The Kier molecular flexibility index (Phi) is 7.21. The van der Waals surface area contributed by atoms with Crippen molar-refractivity contribution >= 4 is 35.2 Å². The summed E-state index contributed by atoms with van der Waals surface area (Å²) in [5, 5.41) is 3.14. The van der Waals surface area contributed by atoms with Crippen molar-refractivity contribution in [3.05, 3.63) is 81.8 Å². The van der Waals surface area contributed by atoms with Gasteiger partial charge in [-0.3, -0.25) is 24.2 Å². The zero-order valence-electron chi connectivity index (χ0n) is 26.7. The third-order valence-electron chi connectivity index (χ3n) is 10.0. The molecule has 12 heteroatoms. The highest BCUT2D eigenvalue weighted by Crippen LogP contribution is 2.40. The van der Waals surface area contributed by atoms with E-state index < -0.39 is 0 Å². The predicted molar refractivity (Wildman–Crippen MR) is 179 cm³/mol. The zero-order valence-corrected chi connectivity index (χ0v) is 26.7. The summed E-state index contributed by atoms with van der Waals surface area (Å²) in [6.45, 7) is 11.1. The molecule has 0 atom stereocenters. The van der Waals surface area contributed by atoms with E-state index in [4.69, 9.17) is 4.74 Å². The number of pyridine rings is 3. The molecular formula is C35H38N8O4. The van der Waals surface area contributed by atoms with Gasteiger partial charge in [0.2, 0.25) is 0 Å². The first-order chi connectivity index (χ1) is 22.8. The summed E-state index contributed by atoms with van der Waals surface area (Å²) in [5.74, 6) is 0.685. The number of amides is 1. The second-order valence-corrected chi connectivity index (χ2v) is 13.7. The Morgan fingerprint density at radius 3 is 2.55 bits per heavy atom. The molecule has 4 aromatic rings. The Hall–Kier alpha value is -4.81. The van der Waals surface area contributed by atoms with E-state index in [1.54, 1.807) is 29.4 Å². The third kappa shape index (κ3) is 5.31. The summed E-state index contributed by atoms with van der Waals surface area (Å²) in [6.07, 6.45) is 7.61. The molecule has 0 aromatic carbocycles. The molecule has 0 radical (unpaired) electrons. The quantitative estimate of drug-likeness (QED) is 0.294. The van der Waals surface area contributed by atoms with Crippen molar-refractivity contribution in [1.82, 2.24) is 24.4 Å². The Labute approximate surface area is 272 Å². The molecule has 47 heavy (non-hydrogen) atoms. The van der Waals surface area contributed by atoms with Gasteiger partial charge in [-0.05, 0) is 59.7 Å². The van der Waals surface area contributed by atoms with E-state index in [9.17, 15) is 14.4 Å². The number of aromatic nitrogens is 4. The number of aldehydes is 1. The number of ether oxygens (including phenoxy) is 1. The summed E-state index contributed by atoms with van der Waals surface area (Å²) in [5.41, 5.74) is 5.78. The summed E-state index contributed by atoms with van der Waals surface area (Å²) < 4.78 is 7.48. The minimum Gasteiger partial charge on any atom is -0.378 e. The first-order valence-electron chi connectivity index (χ1n) is 16.3. The lowest BCUT2D eigenvalue weighted by atomic mass is 9.90. The van der Waals surface area contributed by atoms with E-state index in [1.807, 2.05) is 24.4 Å². The minimum absolute atomic E-state index is 0.163. The molecule has 2 saturated heterocycles. The molecular weight excluding hydrogens is 596 g/mol. The maximum absolute atomic E-state index is 13.8. The number of H-pyrrole nitrogens is 1. The Morgan fingerprint density at radius 2 is 1.83 bits per heavy atom. The second-order valence-electron chi connectivity index (χ2n) is 13.7. The molecule has 2 N–H and O–H groups in total. The smallest absolute Gasteiger partial charge is 0.276 e. The first-order valence-corrected chi connectivity index (χ1v) is 16.3. The first kappa shape index (κ1) is 29.6. The van der Waals surface area contributed by atoms with Crippen molar-refractivity contribution < 1.29 is 14.3 Å². The number of hydrogen-bond acceptors (Lipinski definition) is 9. The lowest BCUT2D eigenvalue weighted by Gasteiger charge is -2.43. The molecule has 0 saturated carbocycles. The normalized spacial score (nSPS) is 19.3. The Bertz CT molecular complexity index is 1920. The second kappa shape index (κ2) is 11.5. The summed E-state index contributed by atoms with van der Waals surface area (Å²) in [4.78, 5) is 57.5. The molecule has 8 rings (SSSR count). The maximum Gasteiger partial charge on any atom is 0.276 e. The number of hydrogen-bond donors (Lipinski definition) is 2. The van der Waals surface area contributed by atoms with Crippen LogP contribution in [0.1, 0.15) is 46.0 Å². The van der Waals surface area contributed by atoms with Crippen LogP contribution in [0.4, 0.5) is 23.0 Å². The van der Waals surface area contributed by atoms with E-state index in [2.05, 4.69) is 48.5 Å². The standard InChI is InChI=1S/C35H38N8O4/c1-35(2)15-22-14-29-34(46)43(12-11-42(29)30(22)16-35)32-27(19-44)26(5-6-36-32)23-13-28(33(45)38-17-23)39-31-4-3-24(18-37-31)40-7-9-41(10-8-40)25-20-47-21-25/h3-6,13-14,17-19,25H,7-12,15-16,20-21H2,1-2H3,(H,37,39)(H,38,45). The topological polar surface area (TPSA) is 129 Å². The van der Waals surface area contributed by atoms with Crippen LogP contribution in [0, 0.1) is 5.41 Å². The van der Waals surface area contributed by atoms with Crippen molar-refractivity contribution in [2.75, 3.05) is 61.1 Å². The van der Waals surface area contributed by atoms with Gasteiger partial charge >= 0.3 is 0 Å². The largest absolute Gasteiger partial charge is 0.378 e. The summed E-state index contributed by atoms with van der Waals surface area (Å²) >= 11 is 0. The van der Waals surface area contributed by atoms with E-state index in [0.29, 0.717) is 58.8 Å². The molecule has 1 aliphatic carbocycles. The van der Waals surface area contributed by atoms with Gasteiger partial charge in [-0.1, -0.05) is 13.8 Å². The van der Waals surface area contributed by atoms with Gasteiger partial charge in [-0.15, -0.1) is 0 Å². The van der Waals surface area contributed by atoms with Gasteiger partial charge in [0.1, 0.15) is 23.0 Å². The number of rotatable bonds is 7. The van der Waals surface area contributed by atoms with Crippen LogP contribution in [0.5, 0.6) is 0 Å². The fourth-order valence-corrected chi connectivity index (χ4v) is 7.45. The van der Waals surface area contributed by atoms with E-state index >= 15 is 0 Å². The molecule has 242 valence electrons. The molecule has 12 nitrogen and oxygen atoms in total. The monoisotopic (exact) mass is 634 g/mol. The van der Waals surface area contributed by atoms with E-state index in [0.717, 1.165) is 64.2 Å². The van der Waals surface area contributed by atoms with Crippen LogP contribution in [-0.2, 0) is 24.1 Å². The third-order valence-corrected chi connectivity index (χ3v) is 10.0. The highest BCUT2D eigenvalue weighted by molar-refractivity contribution is 6.08. The van der Waals surface area contributed by atoms with E-state index in [1.165, 1.54) is 11.3 Å². The molecule has 0 unspecified atom stereocenters. The Balaban J connectivity index is 1.01. The van der Waals surface area contributed by atoms with Crippen LogP contribution in [0.3, 0.4) is 0 Å². The average Bonchev–Trinajstić information content (AvgIpc) is 3.54. The van der Waals surface area contributed by atoms with Crippen molar-refractivity contribution in [3.8, 4) is 11.1 Å². The number of carbonyl (C=O) groups is 2. The number of fused-ring (bicyclic) bond motifs is 3. The number of aromatic amines is 1. The number of piperazine rings is 1. The van der Waals surface area contributed by atoms with Gasteiger partial charge in [0.25, 0.3) is 11.5 Å². The fraction of sp³-hybridized carbons (Fsp3) is 0.400. The highest BCUT2D eigenvalue weighted by atomic mass is 16.5. The van der Waals surface area contributed by atoms with Crippen molar-refractivity contribution in [3.63, 3.8) is 0 Å². The minimum atomic E-state index is -0.319. The van der Waals surface area contributed by atoms with Gasteiger partial charge in [-0.25, -0.2) is 9.97 Å². The molecule has 7 heterocycles. The molecule has 1 amide bonds. The Morgan fingerprint density at radius 1 is 1.00 bits per heavy atom. The van der Waals surface area contributed by atoms with Crippen LogP contribution in [0.15, 0.2) is 53.7 Å². The maximum atomic E-state index is 13.8. The SMILES string of the molecule is CC1(C)Cc2cc3n(c2C1)CCN(c1nccc(-c2c[nH]c(=O)c(Nc4ccc(N5CCN(C6COC6)CC5)cn4)c2)c1C=O)C3=O. The molecule has 3 aliphatic heterocycles.